The van der Waals surface area contributed by atoms with Crippen LogP contribution in [0.3, 0.4) is 0 Å². The minimum Gasteiger partial charge on any atom is -0.480 e. The van der Waals surface area contributed by atoms with Crippen LogP contribution in [0, 0.1) is 5.82 Å². The number of aliphatic carboxylic acids is 1. The Balaban J connectivity index is 2.18. The van der Waals surface area contributed by atoms with Crippen molar-refractivity contribution in [2.45, 2.75) is 6.04 Å². The molecule has 1 atom stereocenters. The molecule has 0 radical (unpaired) electrons. The molecule has 0 saturated carbocycles. The molecule has 2 rings (SSSR count). The maximum absolute atomic E-state index is 12.7. The predicted molar refractivity (Wildman–Crippen MR) is 61.4 cm³/mol. The van der Waals surface area contributed by atoms with E-state index < -0.39 is 12.0 Å². The second-order valence-corrected chi connectivity index (χ2v) is 4.31. The number of carboxylic acids is 1. The van der Waals surface area contributed by atoms with Gasteiger partial charge in [0, 0.05) is 11.4 Å². The third kappa shape index (κ3) is 2.36. The second kappa shape index (κ2) is 4.57. The molecule has 1 aromatic rings. The van der Waals surface area contributed by atoms with Gasteiger partial charge in [-0.3, -0.25) is 0 Å². The minimum atomic E-state index is -0.875. The maximum Gasteiger partial charge on any atom is 0.326 e. The van der Waals surface area contributed by atoms with Crippen LogP contribution in [0.5, 0.6) is 0 Å². The zero-order valence-electron chi connectivity index (χ0n) is 8.31. The first-order valence-corrected chi connectivity index (χ1v) is 5.79. The third-order valence-corrected chi connectivity index (χ3v) is 3.18. The third-order valence-electron chi connectivity index (χ3n) is 2.25. The van der Waals surface area contributed by atoms with E-state index in [4.69, 9.17) is 5.11 Å². The van der Waals surface area contributed by atoms with E-state index in [1.807, 2.05) is 5.41 Å². The summed E-state index contributed by atoms with van der Waals surface area (Å²) in [6, 6.07) is 5.37. The molecule has 16 heavy (non-hydrogen) atoms. The molecule has 3 nitrogen and oxygen atoms in total. The summed E-state index contributed by atoms with van der Waals surface area (Å²) in [7, 11) is 0. The molecule has 5 heteroatoms. The lowest BCUT2D eigenvalue weighted by molar-refractivity contribution is -0.138. The van der Waals surface area contributed by atoms with E-state index in [-0.39, 0.29) is 5.82 Å². The number of hydrogen-bond acceptors (Lipinski definition) is 3. The SMILES string of the molecule is O=C(O)C1CSC=C(c2ccc(F)cc2)N1. The second-order valence-electron chi connectivity index (χ2n) is 3.41. The van der Waals surface area contributed by atoms with Crippen LogP contribution in [-0.4, -0.2) is 22.9 Å². The molecule has 1 unspecified atom stereocenters. The van der Waals surface area contributed by atoms with Gasteiger partial charge < -0.3 is 10.4 Å². The highest BCUT2D eigenvalue weighted by Crippen LogP contribution is 2.22. The first kappa shape index (κ1) is 11.0. The van der Waals surface area contributed by atoms with Crippen LogP contribution in [0.1, 0.15) is 5.56 Å². The Morgan fingerprint density at radius 1 is 1.44 bits per heavy atom. The number of rotatable bonds is 2. The first-order chi connectivity index (χ1) is 7.66. The van der Waals surface area contributed by atoms with Gasteiger partial charge in [0.15, 0.2) is 0 Å². The van der Waals surface area contributed by atoms with Crippen molar-refractivity contribution in [2.24, 2.45) is 0 Å². The van der Waals surface area contributed by atoms with Gasteiger partial charge in [-0.25, -0.2) is 9.18 Å². The summed E-state index contributed by atoms with van der Waals surface area (Å²) in [5, 5.41) is 13.6. The minimum absolute atomic E-state index is 0.303. The lowest BCUT2D eigenvalue weighted by atomic mass is 10.1. The number of benzene rings is 1. The Morgan fingerprint density at radius 3 is 2.75 bits per heavy atom. The molecule has 0 spiro atoms. The van der Waals surface area contributed by atoms with Crippen LogP contribution in [0.2, 0.25) is 0 Å². The molecule has 0 fully saturated rings. The number of thioether (sulfide) groups is 1. The summed E-state index contributed by atoms with van der Waals surface area (Å²) >= 11 is 1.44. The van der Waals surface area contributed by atoms with E-state index in [0.717, 1.165) is 11.3 Å². The number of hydrogen-bond donors (Lipinski definition) is 2. The zero-order chi connectivity index (χ0) is 11.5. The van der Waals surface area contributed by atoms with Gasteiger partial charge in [-0.05, 0) is 35.2 Å². The number of carbonyl (C=O) groups is 1. The summed E-state index contributed by atoms with van der Waals surface area (Å²) in [6.07, 6.45) is 0. The van der Waals surface area contributed by atoms with Gasteiger partial charge in [-0.15, -0.1) is 11.8 Å². The Bertz CT molecular complexity index is 430. The van der Waals surface area contributed by atoms with Gasteiger partial charge in [0.1, 0.15) is 11.9 Å². The van der Waals surface area contributed by atoms with Crippen LogP contribution in [0.4, 0.5) is 4.39 Å². The average Bonchev–Trinajstić information content (AvgIpc) is 2.30. The summed E-state index contributed by atoms with van der Waals surface area (Å²) < 4.78 is 12.7. The molecule has 1 aliphatic rings. The molecule has 0 saturated heterocycles. The highest BCUT2D eigenvalue weighted by atomic mass is 32.2. The molecule has 0 aliphatic carbocycles. The van der Waals surface area contributed by atoms with Crippen molar-refractivity contribution < 1.29 is 14.3 Å². The van der Waals surface area contributed by atoms with E-state index in [2.05, 4.69) is 5.32 Å². The van der Waals surface area contributed by atoms with Crippen LogP contribution >= 0.6 is 11.8 Å². The van der Waals surface area contributed by atoms with Crippen LogP contribution in [0.25, 0.3) is 5.70 Å². The highest BCUT2D eigenvalue weighted by Gasteiger charge is 2.21. The molecule has 0 bridgehead atoms. The van der Waals surface area contributed by atoms with E-state index in [0.29, 0.717) is 5.75 Å². The predicted octanol–water partition coefficient (Wildman–Crippen LogP) is 1.91. The van der Waals surface area contributed by atoms with E-state index >= 15 is 0 Å². The maximum atomic E-state index is 12.7. The number of nitrogens with one attached hydrogen (secondary N) is 1. The molecule has 1 aliphatic heterocycles. The Labute approximate surface area is 96.4 Å². The molecule has 0 amide bonds. The molecule has 84 valence electrons. The van der Waals surface area contributed by atoms with Gasteiger partial charge in [-0.1, -0.05) is 0 Å². The van der Waals surface area contributed by atoms with Gasteiger partial charge in [0.2, 0.25) is 0 Å². The lowest BCUT2D eigenvalue weighted by Crippen LogP contribution is -2.39. The number of carboxylic acid groups (broad SMARTS) is 1. The quantitative estimate of drug-likeness (QED) is 0.827. The summed E-state index contributed by atoms with van der Waals surface area (Å²) in [4.78, 5) is 10.8. The van der Waals surface area contributed by atoms with Crippen molar-refractivity contribution >= 4 is 23.4 Å². The monoisotopic (exact) mass is 239 g/mol. The summed E-state index contributed by atoms with van der Waals surface area (Å²) in [6.45, 7) is 0. The Hall–Kier alpha value is -1.49. The highest BCUT2D eigenvalue weighted by molar-refractivity contribution is 8.02. The normalized spacial score (nSPS) is 19.8. The van der Waals surface area contributed by atoms with Crippen molar-refractivity contribution in [3.63, 3.8) is 0 Å². The van der Waals surface area contributed by atoms with Gasteiger partial charge in [0.25, 0.3) is 0 Å². The fourth-order valence-electron chi connectivity index (χ4n) is 1.40. The molecular weight excluding hydrogens is 229 g/mol. The molecule has 1 heterocycles. The standard InChI is InChI=1S/C11H10FNO2S/c12-8-3-1-7(2-4-8)9-5-16-6-10(13-9)11(14)15/h1-5,10,13H,6H2,(H,14,15). The average molecular weight is 239 g/mol. The summed E-state index contributed by atoms with van der Waals surface area (Å²) in [5.74, 6) is -0.678. The largest absolute Gasteiger partial charge is 0.480 e. The Morgan fingerprint density at radius 2 is 2.12 bits per heavy atom. The fraction of sp³-hybridized carbons (Fsp3) is 0.182. The topological polar surface area (TPSA) is 49.3 Å². The molecule has 0 aromatic heterocycles. The fourth-order valence-corrected chi connectivity index (χ4v) is 2.29. The van der Waals surface area contributed by atoms with E-state index in [1.165, 1.54) is 23.9 Å². The van der Waals surface area contributed by atoms with Crippen LogP contribution in [-0.2, 0) is 4.79 Å². The van der Waals surface area contributed by atoms with E-state index in [9.17, 15) is 9.18 Å². The molecule has 1 aromatic carbocycles. The van der Waals surface area contributed by atoms with Crippen molar-refractivity contribution in [2.75, 3.05) is 5.75 Å². The zero-order valence-corrected chi connectivity index (χ0v) is 9.13. The Kier molecular flexibility index (Phi) is 3.14. The summed E-state index contributed by atoms with van der Waals surface area (Å²) in [5.41, 5.74) is 1.52. The van der Waals surface area contributed by atoms with Gasteiger partial charge >= 0.3 is 5.97 Å². The lowest BCUT2D eigenvalue weighted by Gasteiger charge is -2.22. The van der Waals surface area contributed by atoms with Crippen LogP contribution in [0.15, 0.2) is 29.7 Å². The number of halogens is 1. The van der Waals surface area contributed by atoms with Crippen LogP contribution < -0.4 is 5.32 Å². The van der Waals surface area contributed by atoms with Crippen molar-refractivity contribution in [1.82, 2.24) is 5.32 Å². The molecular formula is C11H10FNO2S. The smallest absolute Gasteiger partial charge is 0.326 e. The van der Waals surface area contributed by atoms with Crippen molar-refractivity contribution in [1.29, 1.82) is 0 Å². The van der Waals surface area contributed by atoms with Crippen molar-refractivity contribution in [3.05, 3.63) is 41.1 Å². The van der Waals surface area contributed by atoms with Crippen molar-refractivity contribution in [3.8, 4) is 0 Å². The van der Waals surface area contributed by atoms with Gasteiger partial charge in [-0.2, -0.15) is 0 Å². The molecule has 2 N–H and O–H groups in total. The van der Waals surface area contributed by atoms with E-state index in [1.54, 1.807) is 12.1 Å². The first-order valence-electron chi connectivity index (χ1n) is 4.74. The van der Waals surface area contributed by atoms with Gasteiger partial charge in [0.05, 0.1) is 0 Å².